The quantitative estimate of drug-likeness (QED) is 0.347. The van der Waals surface area contributed by atoms with Crippen LogP contribution in [-0.4, -0.2) is 0 Å². The lowest BCUT2D eigenvalue weighted by Gasteiger charge is -2.10. The highest BCUT2D eigenvalue weighted by Gasteiger charge is 2.07. The maximum Gasteiger partial charge on any atom is 0.0517 e. The molecule has 0 unspecified atom stereocenters. The number of rotatable bonds is 3. The lowest BCUT2D eigenvalue weighted by molar-refractivity contribution is 1.05. The molecule has 3 aromatic carbocycles. The summed E-state index contributed by atoms with van der Waals surface area (Å²) in [6.07, 6.45) is 0. The third kappa shape index (κ3) is 2.22. The highest BCUT2D eigenvalue weighted by molar-refractivity contribution is 5.97. The average molecular weight is 259 g/mol. The number of benzene rings is 3. The van der Waals surface area contributed by atoms with E-state index in [1.807, 2.05) is 30.3 Å². The summed E-state index contributed by atoms with van der Waals surface area (Å²) < 4.78 is 0. The minimum Gasteiger partial charge on any atom is -0.0893 e. The lowest BCUT2D eigenvalue weighted by atomic mass is 9.95. The molecule has 0 radical (unpaired) electrons. The van der Waals surface area contributed by atoms with Crippen molar-refractivity contribution in [2.24, 2.45) is 5.11 Å². The van der Waals surface area contributed by atoms with Crippen LogP contribution < -0.4 is 0 Å². The van der Waals surface area contributed by atoms with E-state index in [9.17, 15) is 0 Å². The van der Waals surface area contributed by atoms with Crippen molar-refractivity contribution in [3.63, 3.8) is 0 Å². The number of fused-ring (bicyclic) bond motifs is 1. The molecule has 3 nitrogen and oxygen atoms in total. The molecule has 0 fully saturated rings. The highest BCUT2D eigenvalue weighted by atomic mass is 15.1. The van der Waals surface area contributed by atoms with E-state index < -0.39 is 0 Å². The zero-order chi connectivity index (χ0) is 13.8. The summed E-state index contributed by atoms with van der Waals surface area (Å²) in [4.78, 5) is 2.85. The van der Waals surface area contributed by atoms with Gasteiger partial charge in [-0.3, -0.25) is 0 Å². The molecule has 3 aromatic rings. The largest absolute Gasteiger partial charge is 0.0893 e. The third-order valence-corrected chi connectivity index (χ3v) is 3.40. The van der Waals surface area contributed by atoms with Crippen LogP contribution in [0.5, 0.6) is 0 Å². The van der Waals surface area contributed by atoms with Gasteiger partial charge in [0.15, 0.2) is 0 Å². The molecule has 0 saturated heterocycles. The van der Waals surface area contributed by atoms with Gasteiger partial charge in [0, 0.05) is 4.91 Å². The normalized spacial score (nSPS) is 10.2. The Morgan fingerprint density at radius 2 is 1.50 bits per heavy atom. The number of nitrogens with zero attached hydrogens (tertiary/aromatic N) is 3. The predicted molar refractivity (Wildman–Crippen MR) is 82.2 cm³/mol. The molecule has 0 saturated carbocycles. The molecule has 0 aliphatic carbocycles. The van der Waals surface area contributed by atoms with Crippen molar-refractivity contribution in [2.45, 2.75) is 6.54 Å². The van der Waals surface area contributed by atoms with Crippen molar-refractivity contribution in [3.8, 4) is 11.1 Å². The highest BCUT2D eigenvalue weighted by Crippen LogP contribution is 2.31. The van der Waals surface area contributed by atoms with Gasteiger partial charge >= 0.3 is 0 Å². The predicted octanol–water partition coefficient (Wildman–Crippen LogP) is 5.32. The van der Waals surface area contributed by atoms with E-state index in [2.05, 4.69) is 46.4 Å². The Morgan fingerprint density at radius 3 is 2.40 bits per heavy atom. The van der Waals surface area contributed by atoms with Crippen LogP contribution in [0.1, 0.15) is 5.56 Å². The summed E-state index contributed by atoms with van der Waals surface area (Å²) in [5.74, 6) is 0. The van der Waals surface area contributed by atoms with Crippen LogP contribution in [0, 0.1) is 0 Å². The fourth-order valence-corrected chi connectivity index (χ4v) is 2.49. The van der Waals surface area contributed by atoms with Gasteiger partial charge in [0.05, 0.1) is 6.54 Å². The van der Waals surface area contributed by atoms with Crippen LogP contribution in [0.3, 0.4) is 0 Å². The SMILES string of the molecule is [N-]=[N+]=NCc1ccccc1-c1cccc2ccccc12. The molecule has 0 heterocycles. The smallest absolute Gasteiger partial charge is 0.0517 e. The van der Waals surface area contributed by atoms with E-state index in [0.717, 1.165) is 11.1 Å². The lowest BCUT2D eigenvalue weighted by Crippen LogP contribution is -1.88. The summed E-state index contributed by atoms with van der Waals surface area (Å²) in [7, 11) is 0. The van der Waals surface area contributed by atoms with Gasteiger partial charge in [0.2, 0.25) is 0 Å². The molecule has 0 aromatic heterocycles. The Kier molecular flexibility index (Phi) is 3.36. The van der Waals surface area contributed by atoms with Gasteiger partial charge in [0.1, 0.15) is 0 Å². The summed E-state index contributed by atoms with van der Waals surface area (Å²) >= 11 is 0. The van der Waals surface area contributed by atoms with E-state index in [-0.39, 0.29) is 0 Å². The van der Waals surface area contributed by atoms with E-state index >= 15 is 0 Å². The molecule has 0 amide bonds. The zero-order valence-corrected chi connectivity index (χ0v) is 10.9. The summed E-state index contributed by atoms with van der Waals surface area (Å²) in [6, 6.07) is 22.6. The number of hydrogen-bond acceptors (Lipinski definition) is 1. The molecule has 20 heavy (non-hydrogen) atoms. The number of azide groups is 1. The molecule has 0 spiro atoms. The first-order chi connectivity index (χ1) is 9.90. The first kappa shape index (κ1) is 12.3. The van der Waals surface area contributed by atoms with Crippen LogP contribution in [0.2, 0.25) is 0 Å². The molecular formula is C17H13N3. The molecule has 96 valence electrons. The Balaban J connectivity index is 2.23. The Morgan fingerprint density at radius 1 is 0.800 bits per heavy atom. The fourth-order valence-electron chi connectivity index (χ4n) is 2.49. The summed E-state index contributed by atoms with van der Waals surface area (Å²) in [5.41, 5.74) is 11.9. The monoisotopic (exact) mass is 259 g/mol. The van der Waals surface area contributed by atoms with E-state index in [1.165, 1.54) is 16.3 Å². The third-order valence-electron chi connectivity index (χ3n) is 3.40. The molecule has 0 N–H and O–H groups in total. The van der Waals surface area contributed by atoms with Gasteiger partial charge in [-0.15, -0.1) is 0 Å². The van der Waals surface area contributed by atoms with Crippen molar-refractivity contribution >= 4 is 10.8 Å². The topological polar surface area (TPSA) is 48.8 Å². The second-order valence-corrected chi connectivity index (χ2v) is 4.57. The van der Waals surface area contributed by atoms with Crippen molar-refractivity contribution in [2.75, 3.05) is 0 Å². The maximum atomic E-state index is 8.52. The first-order valence-electron chi connectivity index (χ1n) is 6.47. The second kappa shape index (κ2) is 5.47. The van der Waals surface area contributed by atoms with Gasteiger partial charge in [-0.25, -0.2) is 0 Å². The van der Waals surface area contributed by atoms with Gasteiger partial charge < -0.3 is 0 Å². The molecule has 0 atom stereocenters. The molecule has 0 bridgehead atoms. The molecular weight excluding hydrogens is 246 g/mol. The average Bonchev–Trinajstić information content (AvgIpc) is 2.53. The van der Waals surface area contributed by atoms with Crippen LogP contribution in [0.25, 0.3) is 32.3 Å². The Hall–Kier alpha value is -2.77. The van der Waals surface area contributed by atoms with E-state index in [1.54, 1.807) is 0 Å². The van der Waals surface area contributed by atoms with Crippen LogP contribution in [-0.2, 0) is 6.54 Å². The van der Waals surface area contributed by atoms with Gasteiger partial charge in [-0.1, -0.05) is 71.8 Å². The summed E-state index contributed by atoms with van der Waals surface area (Å²) in [5, 5.41) is 6.11. The fraction of sp³-hybridized carbons (Fsp3) is 0.0588. The first-order valence-corrected chi connectivity index (χ1v) is 6.47. The Labute approximate surface area is 117 Å². The second-order valence-electron chi connectivity index (χ2n) is 4.57. The standard InChI is InChI=1S/C17H13N3/c18-20-19-12-14-7-2-4-10-16(14)17-11-5-8-13-6-1-3-9-15(13)17/h1-11H,12H2. The molecule has 0 aliphatic rings. The van der Waals surface area contributed by atoms with E-state index in [4.69, 9.17) is 5.53 Å². The molecule has 3 heteroatoms. The van der Waals surface area contributed by atoms with Crippen LogP contribution in [0.4, 0.5) is 0 Å². The molecule has 0 aliphatic heterocycles. The van der Waals surface area contributed by atoms with Crippen molar-refractivity contribution in [1.29, 1.82) is 0 Å². The Bertz CT molecular complexity index is 797. The summed E-state index contributed by atoms with van der Waals surface area (Å²) in [6.45, 7) is 0.371. The van der Waals surface area contributed by atoms with Crippen LogP contribution >= 0.6 is 0 Å². The van der Waals surface area contributed by atoms with E-state index in [0.29, 0.717) is 6.54 Å². The van der Waals surface area contributed by atoms with Crippen molar-refractivity contribution in [1.82, 2.24) is 0 Å². The van der Waals surface area contributed by atoms with Crippen molar-refractivity contribution in [3.05, 3.63) is 82.7 Å². The van der Waals surface area contributed by atoms with Crippen LogP contribution in [0.15, 0.2) is 71.8 Å². The minimum atomic E-state index is 0.371. The van der Waals surface area contributed by atoms with Gasteiger partial charge in [0.25, 0.3) is 0 Å². The van der Waals surface area contributed by atoms with Gasteiger partial charge in [-0.05, 0) is 33.0 Å². The van der Waals surface area contributed by atoms with Gasteiger partial charge in [-0.2, -0.15) is 0 Å². The maximum absolute atomic E-state index is 8.52. The molecule has 3 rings (SSSR count). The van der Waals surface area contributed by atoms with Crippen molar-refractivity contribution < 1.29 is 0 Å². The number of hydrogen-bond donors (Lipinski definition) is 0. The minimum absolute atomic E-state index is 0.371. The zero-order valence-electron chi connectivity index (χ0n) is 10.9.